The Kier molecular flexibility index (Phi) is 4.93. The van der Waals surface area contributed by atoms with Crippen molar-refractivity contribution in [3.63, 3.8) is 0 Å². The van der Waals surface area contributed by atoms with Crippen molar-refractivity contribution in [2.75, 3.05) is 0 Å². The van der Waals surface area contributed by atoms with Gasteiger partial charge in [0.1, 0.15) is 0 Å². The van der Waals surface area contributed by atoms with E-state index in [9.17, 15) is 0 Å². The highest BCUT2D eigenvalue weighted by Gasteiger charge is 2.16. The fourth-order valence-electron chi connectivity index (χ4n) is 6.80. The maximum atomic E-state index is 4.61. The van der Waals surface area contributed by atoms with Crippen molar-refractivity contribution in [1.29, 1.82) is 0 Å². The number of pyridine rings is 2. The smallest absolute Gasteiger partial charge is 0.0708 e. The van der Waals surface area contributed by atoms with Crippen LogP contribution in [0.4, 0.5) is 0 Å². The lowest BCUT2D eigenvalue weighted by Crippen LogP contribution is -1.90. The lowest BCUT2D eigenvalue weighted by Gasteiger charge is -2.17. The second kappa shape index (κ2) is 8.95. The highest BCUT2D eigenvalue weighted by atomic mass is 14.6. The average Bonchev–Trinajstić information content (AvgIpc) is 3.06. The molecule has 0 bridgehead atoms. The third-order valence-electron chi connectivity index (χ3n) is 8.78. The fraction of sp³-hybridized carbons (Fsp3) is 0. The fourth-order valence-corrected chi connectivity index (χ4v) is 6.80. The third-order valence-corrected chi connectivity index (χ3v) is 8.78. The topological polar surface area (TPSA) is 25.8 Å². The molecule has 2 aromatic heterocycles. The van der Waals surface area contributed by atoms with Crippen LogP contribution in [0.25, 0.3) is 87.4 Å². The molecule has 7 aromatic carbocycles. The average molecular weight is 533 g/mol. The molecule has 2 nitrogen and oxygen atoms in total. The Morgan fingerprint density at radius 2 is 1.00 bits per heavy atom. The summed E-state index contributed by atoms with van der Waals surface area (Å²) in [5, 5.41) is 11.3. The molecule has 0 amide bonds. The standard InChI is InChI=1S/C40H24N2/c1-2-6-30-29(5-1)23-41-24-37(30)26-12-10-25(11-13-26)31-18-14-27-17-21-36-33(19-15-28-16-20-35(31)39(27)40(28)36)32-7-3-9-38-34(32)8-4-22-42-38/h1-24H. The molecule has 0 spiro atoms. The van der Waals surface area contributed by atoms with Crippen LogP contribution in [0.2, 0.25) is 0 Å². The number of rotatable bonds is 3. The van der Waals surface area contributed by atoms with Gasteiger partial charge >= 0.3 is 0 Å². The first kappa shape index (κ1) is 23.1. The molecule has 2 heteroatoms. The Labute approximate surface area is 242 Å². The van der Waals surface area contributed by atoms with Crippen LogP contribution in [0.15, 0.2) is 146 Å². The first-order chi connectivity index (χ1) is 20.8. The number of aromatic nitrogens is 2. The van der Waals surface area contributed by atoms with Gasteiger partial charge in [-0.15, -0.1) is 0 Å². The van der Waals surface area contributed by atoms with Crippen molar-refractivity contribution in [3.8, 4) is 33.4 Å². The van der Waals surface area contributed by atoms with Crippen LogP contribution in [0.5, 0.6) is 0 Å². The molecule has 0 radical (unpaired) electrons. The Bertz CT molecular complexity index is 2450. The summed E-state index contributed by atoms with van der Waals surface area (Å²) in [6.45, 7) is 0. The number of fused-ring (bicyclic) bond motifs is 2. The van der Waals surface area contributed by atoms with Gasteiger partial charge in [-0.3, -0.25) is 9.97 Å². The summed E-state index contributed by atoms with van der Waals surface area (Å²) in [5.41, 5.74) is 8.28. The SMILES string of the molecule is c1ccc2c(-c3ccc(-c4ccc5ccc6c(-c7cccc8ncccc78)ccc7ccc4c5c76)cc3)cncc2c1. The maximum absolute atomic E-state index is 4.61. The normalized spacial score (nSPS) is 11.8. The molecule has 0 saturated heterocycles. The van der Waals surface area contributed by atoms with E-state index in [0.717, 1.165) is 16.5 Å². The number of nitrogens with zero attached hydrogens (tertiary/aromatic N) is 2. The summed E-state index contributed by atoms with van der Waals surface area (Å²) in [6, 6.07) is 46.2. The first-order valence-corrected chi connectivity index (χ1v) is 14.3. The van der Waals surface area contributed by atoms with Crippen molar-refractivity contribution in [3.05, 3.63) is 146 Å². The van der Waals surface area contributed by atoms with Gasteiger partial charge in [-0.25, -0.2) is 0 Å². The first-order valence-electron chi connectivity index (χ1n) is 14.3. The molecule has 9 aromatic rings. The lowest BCUT2D eigenvalue weighted by atomic mass is 9.86. The molecule has 9 rings (SSSR count). The van der Waals surface area contributed by atoms with Gasteiger partial charge in [-0.05, 0) is 77.7 Å². The molecule has 2 heterocycles. The van der Waals surface area contributed by atoms with Gasteiger partial charge < -0.3 is 0 Å². The zero-order valence-corrected chi connectivity index (χ0v) is 22.8. The van der Waals surface area contributed by atoms with Crippen LogP contribution >= 0.6 is 0 Å². The minimum absolute atomic E-state index is 1.02. The van der Waals surface area contributed by atoms with Crippen molar-refractivity contribution >= 4 is 54.0 Å². The summed E-state index contributed by atoms with van der Waals surface area (Å²) >= 11 is 0. The van der Waals surface area contributed by atoms with Gasteiger partial charge in [-0.2, -0.15) is 0 Å². The Morgan fingerprint density at radius 1 is 0.357 bits per heavy atom. The lowest BCUT2D eigenvalue weighted by molar-refractivity contribution is 1.36. The van der Waals surface area contributed by atoms with Gasteiger partial charge in [0.2, 0.25) is 0 Å². The predicted octanol–water partition coefficient (Wildman–Crippen LogP) is 10.7. The van der Waals surface area contributed by atoms with Crippen molar-refractivity contribution in [2.45, 2.75) is 0 Å². The van der Waals surface area contributed by atoms with E-state index in [2.05, 4.69) is 131 Å². The van der Waals surface area contributed by atoms with Crippen LogP contribution in [0.1, 0.15) is 0 Å². The molecule has 0 unspecified atom stereocenters. The van der Waals surface area contributed by atoms with E-state index >= 15 is 0 Å². The summed E-state index contributed by atoms with van der Waals surface area (Å²) in [4.78, 5) is 9.11. The minimum atomic E-state index is 1.02. The van der Waals surface area contributed by atoms with Crippen molar-refractivity contribution < 1.29 is 0 Å². The molecule has 0 aliphatic carbocycles. The van der Waals surface area contributed by atoms with Crippen molar-refractivity contribution in [1.82, 2.24) is 9.97 Å². The van der Waals surface area contributed by atoms with E-state index in [4.69, 9.17) is 0 Å². The van der Waals surface area contributed by atoms with Crippen LogP contribution in [0, 0.1) is 0 Å². The molecule has 194 valence electrons. The van der Waals surface area contributed by atoms with E-state index in [1.807, 2.05) is 24.7 Å². The van der Waals surface area contributed by atoms with E-state index in [1.165, 1.54) is 70.9 Å². The van der Waals surface area contributed by atoms with E-state index in [0.29, 0.717) is 0 Å². The summed E-state index contributed by atoms with van der Waals surface area (Å²) < 4.78 is 0. The third kappa shape index (κ3) is 3.39. The zero-order chi connectivity index (χ0) is 27.6. The minimum Gasteiger partial charge on any atom is -0.263 e. The maximum Gasteiger partial charge on any atom is 0.0708 e. The van der Waals surface area contributed by atoms with Crippen LogP contribution in [-0.4, -0.2) is 9.97 Å². The summed E-state index contributed by atoms with van der Waals surface area (Å²) in [7, 11) is 0. The molecular formula is C40H24N2. The van der Waals surface area contributed by atoms with E-state index in [-0.39, 0.29) is 0 Å². The van der Waals surface area contributed by atoms with Crippen LogP contribution in [-0.2, 0) is 0 Å². The Balaban J connectivity index is 1.24. The molecular weight excluding hydrogens is 508 g/mol. The Hall–Kier alpha value is -5.60. The summed E-state index contributed by atoms with van der Waals surface area (Å²) in [6.07, 6.45) is 5.76. The van der Waals surface area contributed by atoms with E-state index in [1.54, 1.807) is 0 Å². The molecule has 42 heavy (non-hydrogen) atoms. The van der Waals surface area contributed by atoms with Gasteiger partial charge in [-0.1, -0.05) is 115 Å². The number of hydrogen-bond donors (Lipinski definition) is 0. The van der Waals surface area contributed by atoms with Gasteiger partial charge in [0, 0.05) is 34.9 Å². The number of hydrogen-bond acceptors (Lipinski definition) is 2. The quantitative estimate of drug-likeness (QED) is 0.212. The molecule has 0 aliphatic rings. The predicted molar refractivity (Wildman–Crippen MR) is 177 cm³/mol. The molecule has 0 saturated carbocycles. The number of benzene rings is 7. The molecule has 0 aliphatic heterocycles. The Morgan fingerprint density at radius 3 is 1.81 bits per heavy atom. The zero-order valence-electron chi connectivity index (χ0n) is 22.8. The van der Waals surface area contributed by atoms with E-state index < -0.39 is 0 Å². The van der Waals surface area contributed by atoms with Gasteiger partial charge in [0.25, 0.3) is 0 Å². The molecule has 0 fully saturated rings. The second-order valence-corrected chi connectivity index (χ2v) is 11.0. The largest absolute Gasteiger partial charge is 0.263 e. The van der Waals surface area contributed by atoms with Gasteiger partial charge in [0.05, 0.1) is 5.52 Å². The second-order valence-electron chi connectivity index (χ2n) is 11.0. The monoisotopic (exact) mass is 532 g/mol. The molecule has 0 atom stereocenters. The van der Waals surface area contributed by atoms with Crippen LogP contribution in [0.3, 0.4) is 0 Å². The van der Waals surface area contributed by atoms with Gasteiger partial charge in [0.15, 0.2) is 0 Å². The highest BCUT2D eigenvalue weighted by Crippen LogP contribution is 2.43. The van der Waals surface area contributed by atoms with Crippen molar-refractivity contribution in [2.24, 2.45) is 0 Å². The summed E-state index contributed by atoms with van der Waals surface area (Å²) in [5.74, 6) is 0. The van der Waals surface area contributed by atoms with Crippen LogP contribution < -0.4 is 0 Å². The molecule has 0 N–H and O–H groups in total. The highest BCUT2D eigenvalue weighted by molar-refractivity contribution is 6.28.